The molecule has 0 radical (unpaired) electrons. The van der Waals surface area contributed by atoms with E-state index in [1.165, 1.54) is 19.1 Å². The topological polar surface area (TPSA) is 67.9 Å². The van der Waals surface area contributed by atoms with Crippen molar-refractivity contribution in [3.05, 3.63) is 47.5 Å². The van der Waals surface area contributed by atoms with Gasteiger partial charge in [-0.15, -0.1) is 0 Å². The van der Waals surface area contributed by atoms with Gasteiger partial charge in [0.2, 0.25) is 11.8 Å². The molecule has 2 amide bonds. The summed E-state index contributed by atoms with van der Waals surface area (Å²) in [6, 6.07) is 12.2. The SMILES string of the molecule is COc1ccccc1NC(=O)[C@@H]1CC(=O)N(c2cc(Cl)ccc2OC)C1. The third-order valence-electron chi connectivity index (χ3n) is 4.29. The summed E-state index contributed by atoms with van der Waals surface area (Å²) in [4.78, 5) is 26.6. The third-order valence-corrected chi connectivity index (χ3v) is 4.53. The Hall–Kier alpha value is -2.73. The quantitative estimate of drug-likeness (QED) is 0.871. The average molecular weight is 375 g/mol. The van der Waals surface area contributed by atoms with Crippen molar-refractivity contribution in [1.29, 1.82) is 0 Å². The monoisotopic (exact) mass is 374 g/mol. The van der Waals surface area contributed by atoms with E-state index in [0.717, 1.165) is 0 Å². The van der Waals surface area contributed by atoms with E-state index in [1.54, 1.807) is 36.4 Å². The number of amides is 2. The number of benzene rings is 2. The molecule has 26 heavy (non-hydrogen) atoms. The Kier molecular flexibility index (Phi) is 5.32. The first-order valence-electron chi connectivity index (χ1n) is 8.11. The molecule has 1 N–H and O–H groups in total. The molecule has 6 nitrogen and oxygen atoms in total. The molecule has 136 valence electrons. The van der Waals surface area contributed by atoms with Crippen molar-refractivity contribution in [3.63, 3.8) is 0 Å². The van der Waals surface area contributed by atoms with Gasteiger partial charge >= 0.3 is 0 Å². The molecule has 0 saturated carbocycles. The standard InChI is InChI=1S/C19H19ClN2O4/c1-25-16-6-4-3-5-14(16)21-19(24)12-9-18(23)22(11-12)15-10-13(20)7-8-17(15)26-2/h3-8,10,12H,9,11H2,1-2H3,(H,21,24)/t12-/m1/s1. The third kappa shape index (κ3) is 3.60. The van der Waals surface area contributed by atoms with Crippen LogP contribution in [0.3, 0.4) is 0 Å². The van der Waals surface area contributed by atoms with Crippen LogP contribution in [0.2, 0.25) is 5.02 Å². The van der Waals surface area contributed by atoms with Crippen LogP contribution < -0.4 is 19.7 Å². The van der Waals surface area contributed by atoms with Crippen LogP contribution in [-0.4, -0.2) is 32.6 Å². The van der Waals surface area contributed by atoms with Crippen LogP contribution in [0, 0.1) is 5.92 Å². The minimum Gasteiger partial charge on any atom is -0.495 e. The number of halogens is 1. The summed E-state index contributed by atoms with van der Waals surface area (Å²) in [6.07, 6.45) is 0.122. The maximum atomic E-state index is 12.6. The van der Waals surface area contributed by atoms with Gasteiger partial charge in [-0.2, -0.15) is 0 Å². The van der Waals surface area contributed by atoms with Crippen LogP contribution >= 0.6 is 11.6 Å². The Bertz CT molecular complexity index is 840. The Balaban J connectivity index is 1.77. The molecule has 7 heteroatoms. The van der Waals surface area contributed by atoms with Crippen LogP contribution in [0.15, 0.2) is 42.5 Å². The number of ether oxygens (including phenoxy) is 2. The molecule has 1 aliphatic rings. The molecule has 0 aliphatic carbocycles. The molecule has 0 aromatic heterocycles. The second-order valence-corrected chi connectivity index (χ2v) is 6.35. The number of para-hydroxylation sites is 2. The van der Waals surface area contributed by atoms with E-state index in [1.807, 2.05) is 6.07 Å². The summed E-state index contributed by atoms with van der Waals surface area (Å²) in [7, 11) is 3.07. The second-order valence-electron chi connectivity index (χ2n) is 5.91. The highest BCUT2D eigenvalue weighted by molar-refractivity contribution is 6.31. The summed E-state index contributed by atoms with van der Waals surface area (Å²) in [6.45, 7) is 0.260. The lowest BCUT2D eigenvalue weighted by molar-refractivity contribution is -0.122. The lowest BCUT2D eigenvalue weighted by atomic mass is 10.1. The van der Waals surface area contributed by atoms with Crippen molar-refractivity contribution in [2.24, 2.45) is 5.92 Å². The molecule has 1 fully saturated rings. The molecule has 0 unspecified atom stereocenters. The van der Waals surface area contributed by atoms with Crippen LogP contribution in [0.4, 0.5) is 11.4 Å². The lowest BCUT2D eigenvalue weighted by Crippen LogP contribution is -2.28. The average Bonchev–Trinajstić information content (AvgIpc) is 3.04. The van der Waals surface area contributed by atoms with E-state index < -0.39 is 5.92 Å². The van der Waals surface area contributed by atoms with Crippen LogP contribution in [0.1, 0.15) is 6.42 Å². The van der Waals surface area contributed by atoms with E-state index >= 15 is 0 Å². The van der Waals surface area contributed by atoms with Gasteiger partial charge in [0, 0.05) is 18.0 Å². The fourth-order valence-corrected chi connectivity index (χ4v) is 3.14. The first-order chi connectivity index (χ1) is 12.5. The van der Waals surface area contributed by atoms with E-state index in [-0.39, 0.29) is 24.8 Å². The maximum absolute atomic E-state index is 12.6. The Morgan fingerprint density at radius 3 is 2.62 bits per heavy atom. The minimum atomic E-state index is -0.476. The van der Waals surface area contributed by atoms with Gasteiger partial charge < -0.3 is 19.7 Å². The van der Waals surface area contributed by atoms with Gasteiger partial charge in [0.1, 0.15) is 11.5 Å². The van der Waals surface area contributed by atoms with Gasteiger partial charge in [0.05, 0.1) is 31.5 Å². The highest BCUT2D eigenvalue weighted by Gasteiger charge is 2.36. The van der Waals surface area contributed by atoms with Gasteiger partial charge in [-0.05, 0) is 30.3 Å². The minimum absolute atomic E-state index is 0.122. The highest BCUT2D eigenvalue weighted by Crippen LogP contribution is 2.35. The van der Waals surface area contributed by atoms with Gasteiger partial charge in [0.15, 0.2) is 0 Å². The number of nitrogens with one attached hydrogen (secondary N) is 1. The molecule has 0 spiro atoms. The van der Waals surface area contributed by atoms with E-state index in [0.29, 0.717) is 27.9 Å². The summed E-state index contributed by atoms with van der Waals surface area (Å²) in [5.74, 6) is 0.250. The van der Waals surface area contributed by atoms with Gasteiger partial charge in [-0.25, -0.2) is 0 Å². The zero-order valence-electron chi connectivity index (χ0n) is 14.5. The molecular formula is C19H19ClN2O4. The number of carbonyl (C=O) groups excluding carboxylic acids is 2. The largest absolute Gasteiger partial charge is 0.495 e. The van der Waals surface area contributed by atoms with Crippen molar-refractivity contribution in [2.75, 3.05) is 31.0 Å². The van der Waals surface area contributed by atoms with Gasteiger partial charge in [-0.3, -0.25) is 9.59 Å². The zero-order valence-corrected chi connectivity index (χ0v) is 15.2. The number of hydrogen-bond acceptors (Lipinski definition) is 4. The van der Waals surface area contributed by atoms with E-state index in [2.05, 4.69) is 5.32 Å². The fraction of sp³-hybridized carbons (Fsp3) is 0.263. The van der Waals surface area contributed by atoms with Crippen molar-refractivity contribution in [1.82, 2.24) is 0 Å². The van der Waals surface area contributed by atoms with E-state index in [4.69, 9.17) is 21.1 Å². The summed E-state index contributed by atoms with van der Waals surface area (Å²) in [5, 5.41) is 3.33. The van der Waals surface area contributed by atoms with Crippen molar-refractivity contribution in [2.45, 2.75) is 6.42 Å². The summed E-state index contributed by atoms with van der Waals surface area (Å²) < 4.78 is 10.6. The zero-order chi connectivity index (χ0) is 18.7. The van der Waals surface area contributed by atoms with Crippen LogP contribution in [0.5, 0.6) is 11.5 Å². The molecule has 3 rings (SSSR count). The number of hydrogen-bond donors (Lipinski definition) is 1. The van der Waals surface area contributed by atoms with Crippen molar-refractivity contribution < 1.29 is 19.1 Å². The van der Waals surface area contributed by atoms with Gasteiger partial charge in [-0.1, -0.05) is 23.7 Å². The van der Waals surface area contributed by atoms with Crippen LogP contribution in [0.25, 0.3) is 0 Å². The summed E-state index contributed by atoms with van der Waals surface area (Å²) >= 11 is 6.05. The Labute approximate surface area is 156 Å². The number of carbonyl (C=O) groups is 2. The normalized spacial score (nSPS) is 16.5. The van der Waals surface area contributed by atoms with Crippen molar-refractivity contribution >= 4 is 34.8 Å². The molecule has 1 aliphatic heterocycles. The molecule has 0 bridgehead atoms. The Morgan fingerprint density at radius 1 is 1.15 bits per heavy atom. The number of anilines is 2. The maximum Gasteiger partial charge on any atom is 0.229 e. The number of nitrogens with zero attached hydrogens (tertiary/aromatic N) is 1. The van der Waals surface area contributed by atoms with Crippen molar-refractivity contribution in [3.8, 4) is 11.5 Å². The molecule has 1 heterocycles. The first-order valence-corrected chi connectivity index (χ1v) is 8.49. The van der Waals surface area contributed by atoms with Gasteiger partial charge in [0.25, 0.3) is 0 Å². The predicted octanol–water partition coefficient (Wildman–Crippen LogP) is 3.35. The summed E-state index contributed by atoms with van der Waals surface area (Å²) in [5.41, 5.74) is 1.14. The first kappa shape index (κ1) is 18.1. The molecule has 1 atom stereocenters. The molecular weight excluding hydrogens is 356 g/mol. The van der Waals surface area contributed by atoms with Crippen LogP contribution in [-0.2, 0) is 9.59 Å². The molecule has 1 saturated heterocycles. The second kappa shape index (κ2) is 7.66. The fourth-order valence-electron chi connectivity index (χ4n) is 2.97. The smallest absolute Gasteiger partial charge is 0.229 e. The molecule has 2 aromatic rings. The van der Waals surface area contributed by atoms with E-state index in [9.17, 15) is 9.59 Å². The Morgan fingerprint density at radius 2 is 1.88 bits per heavy atom. The number of methoxy groups -OCH3 is 2. The number of rotatable bonds is 5. The molecule has 2 aromatic carbocycles. The highest BCUT2D eigenvalue weighted by atomic mass is 35.5. The predicted molar refractivity (Wildman–Crippen MR) is 100 cm³/mol. The lowest BCUT2D eigenvalue weighted by Gasteiger charge is -2.20.